The summed E-state index contributed by atoms with van der Waals surface area (Å²) in [6, 6.07) is 0. The largest absolute Gasteiger partial charge is 0.477 e. The average Bonchev–Trinajstić information content (AvgIpc) is 2.18. The van der Waals surface area contributed by atoms with Gasteiger partial charge >= 0.3 is 0 Å². The number of hydrogen-bond acceptors (Lipinski definition) is 5. The first kappa shape index (κ1) is 9.40. The topological polar surface area (TPSA) is 84.3 Å². The van der Waals surface area contributed by atoms with Crippen molar-refractivity contribution in [1.29, 1.82) is 0 Å². The van der Waals surface area contributed by atoms with E-state index in [0.717, 1.165) is 0 Å². The molecule has 0 unspecified atom stereocenters. The predicted octanol–water partition coefficient (Wildman–Crippen LogP) is -0.00570. The third-order valence-electron chi connectivity index (χ3n) is 1.25. The monoisotopic (exact) mass is 183 g/mol. The Bertz CT molecular complexity index is 286. The van der Waals surface area contributed by atoms with Gasteiger partial charge < -0.3 is 4.74 Å². The number of carbonyl (C=O) groups is 1. The molecule has 0 aliphatic heterocycles. The van der Waals surface area contributed by atoms with Crippen molar-refractivity contribution >= 4 is 5.91 Å². The van der Waals surface area contributed by atoms with E-state index in [1.54, 1.807) is 0 Å². The van der Waals surface area contributed by atoms with Crippen LogP contribution in [-0.4, -0.2) is 27.7 Å². The maximum Gasteiger partial charge on any atom is 0.294 e. The van der Waals surface area contributed by atoms with Gasteiger partial charge in [0.25, 0.3) is 5.91 Å². The Morgan fingerprint density at radius 1 is 1.62 bits per heavy atom. The van der Waals surface area contributed by atoms with Gasteiger partial charge in [-0.2, -0.15) is 0 Å². The second kappa shape index (κ2) is 4.36. The number of nitrogens with zero attached hydrogens (tertiary/aromatic N) is 2. The van der Waals surface area contributed by atoms with Gasteiger partial charge in [-0.25, -0.2) is 15.4 Å². The van der Waals surface area contributed by atoms with Crippen LogP contribution in [0, 0.1) is 0 Å². The molecule has 13 heavy (non-hydrogen) atoms. The summed E-state index contributed by atoms with van der Waals surface area (Å²) in [5.74, 6) is -0.354. The van der Waals surface area contributed by atoms with Crippen LogP contribution < -0.4 is 10.2 Å². The van der Waals surface area contributed by atoms with E-state index >= 15 is 0 Å². The van der Waals surface area contributed by atoms with Crippen LogP contribution in [0.15, 0.2) is 12.4 Å². The third-order valence-corrected chi connectivity index (χ3v) is 1.25. The minimum atomic E-state index is -0.699. The zero-order chi connectivity index (χ0) is 9.68. The molecule has 0 radical (unpaired) electrons. The van der Waals surface area contributed by atoms with E-state index in [4.69, 9.17) is 9.94 Å². The van der Waals surface area contributed by atoms with E-state index in [2.05, 4.69) is 9.97 Å². The summed E-state index contributed by atoms with van der Waals surface area (Å²) < 4.78 is 5.01. The highest BCUT2D eigenvalue weighted by atomic mass is 16.5. The van der Waals surface area contributed by atoms with Gasteiger partial charge in [0.05, 0.1) is 19.0 Å². The molecule has 0 bridgehead atoms. The van der Waals surface area contributed by atoms with Crippen molar-refractivity contribution in [3.63, 3.8) is 0 Å². The number of hydrogen-bond donors (Lipinski definition) is 2. The van der Waals surface area contributed by atoms with Crippen LogP contribution in [0.5, 0.6) is 5.88 Å². The van der Waals surface area contributed by atoms with Crippen molar-refractivity contribution in [2.75, 3.05) is 6.61 Å². The van der Waals surface area contributed by atoms with Gasteiger partial charge in [0, 0.05) is 0 Å². The van der Waals surface area contributed by atoms with Crippen LogP contribution in [0.3, 0.4) is 0 Å². The zero-order valence-corrected chi connectivity index (χ0v) is 7.02. The van der Waals surface area contributed by atoms with Crippen LogP contribution in [0.2, 0.25) is 0 Å². The summed E-state index contributed by atoms with van der Waals surface area (Å²) in [7, 11) is 0. The Morgan fingerprint density at radius 2 is 2.38 bits per heavy atom. The summed E-state index contributed by atoms with van der Waals surface area (Å²) in [6.07, 6.45) is 2.53. The molecule has 0 saturated heterocycles. The molecule has 2 N–H and O–H groups in total. The highest BCUT2D eigenvalue weighted by molar-refractivity contribution is 5.90. The van der Waals surface area contributed by atoms with Crippen LogP contribution in [0.1, 0.15) is 17.4 Å². The molecule has 0 atom stereocenters. The Balaban J connectivity index is 2.75. The Morgan fingerprint density at radius 3 is 2.85 bits per heavy atom. The number of ether oxygens (including phenoxy) is 1. The lowest BCUT2D eigenvalue weighted by Gasteiger charge is -2.01. The summed E-state index contributed by atoms with van der Waals surface area (Å²) in [6.45, 7) is 2.30. The quantitative estimate of drug-likeness (QED) is 0.508. The van der Waals surface area contributed by atoms with Crippen molar-refractivity contribution in [2.45, 2.75) is 6.92 Å². The van der Waals surface area contributed by atoms with E-state index in [9.17, 15) is 4.79 Å². The van der Waals surface area contributed by atoms with Crippen molar-refractivity contribution in [2.24, 2.45) is 0 Å². The van der Waals surface area contributed by atoms with E-state index in [1.807, 2.05) is 6.92 Å². The lowest BCUT2D eigenvalue weighted by atomic mass is 10.4. The smallest absolute Gasteiger partial charge is 0.294 e. The minimum Gasteiger partial charge on any atom is -0.477 e. The number of amides is 1. The highest BCUT2D eigenvalue weighted by Crippen LogP contribution is 2.03. The van der Waals surface area contributed by atoms with Gasteiger partial charge in [0.2, 0.25) is 5.88 Å². The molecule has 1 amide bonds. The van der Waals surface area contributed by atoms with Crippen LogP contribution in [-0.2, 0) is 0 Å². The van der Waals surface area contributed by atoms with E-state index in [-0.39, 0.29) is 5.69 Å². The van der Waals surface area contributed by atoms with Crippen molar-refractivity contribution < 1.29 is 14.7 Å². The fourth-order valence-electron chi connectivity index (χ4n) is 0.713. The molecule has 1 rings (SSSR count). The lowest BCUT2D eigenvalue weighted by molar-refractivity contribution is 0.0700. The molecule has 0 fully saturated rings. The van der Waals surface area contributed by atoms with Crippen LogP contribution in [0.25, 0.3) is 0 Å². The molecule has 0 aliphatic rings. The molecule has 0 aliphatic carbocycles. The first-order valence-corrected chi connectivity index (χ1v) is 3.67. The average molecular weight is 183 g/mol. The first-order chi connectivity index (χ1) is 6.27. The van der Waals surface area contributed by atoms with E-state index in [1.165, 1.54) is 17.9 Å². The Hall–Kier alpha value is -1.69. The second-order valence-corrected chi connectivity index (χ2v) is 2.11. The molecule has 0 saturated carbocycles. The summed E-state index contributed by atoms with van der Waals surface area (Å²) >= 11 is 0. The van der Waals surface area contributed by atoms with Gasteiger partial charge in [-0.1, -0.05) is 0 Å². The SMILES string of the molecule is CCOc1cnc(C(=O)NO)cn1. The standard InChI is InChI=1S/C7H9N3O3/c1-2-13-6-4-8-5(3-9-6)7(11)10-12/h3-4,12H,2H2,1H3,(H,10,11). The minimum absolute atomic E-state index is 0.0333. The first-order valence-electron chi connectivity index (χ1n) is 3.67. The van der Waals surface area contributed by atoms with E-state index in [0.29, 0.717) is 12.5 Å². The molecular formula is C7H9N3O3. The molecule has 0 spiro atoms. The third kappa shape index (κ3) is 2.38. The number of rotatable bonds is 3. The molecule has 1 heterocycles. The maximum absolute atomic E-state index is 10.8. The number of hydroxylamine groups is 1. The van der Waals surface area contributed by atoms with Crippen molar-refractivity contribution in [1.82, 2.24) is 15.4 Å². The Kier molecular flexibility index (Phi) is 3.15. The lowest BCUT2D eigenvalue weighted by Crippen LogP contribution is -2.20. The second-order valence-electron chi connectivity index (χ2n) is 2.11. The van der Waals surface area contributed by atoms with Crippen molar-refractivity contribution in [3.8, 4) is 5.88 Å². The molecule has 1 aromatic heterocycles. The number of nitrogens with one attached hydrogen (secondary N) is 1. The predicted molar refractivity (Wildman–Crippen MR) is 42.5 cm³/mol. The highest BCUT2D eigenvalue weighted by Gasteiger charge is 2.05. The van der Waals surface area contributed by atoms with Gasteiger partial charge in [-0.05, 0) is 6.92 Å². The molecule has 0 aromatic carbocycles. The molecule has 70 valence electrons. The fraction of sp³-hybridized carbons (Fsp3) is 0.286. The summed E-state index contributed by atoms with van der Waals surface area (Å²) in [4.78, 5) is 18.3. The van der Waals surface area contributed by atoms with E-state index < -0.39 is 5.91 Å². The number of aromatic nitrogens is 2. The maximum atomic E-state index is 10.8. The van der Waals surface area contributed by atoms with Gasteiger partial charge in [0.1, 0.15) is 5.69 Å². The van der Waals surface area contributed by atoms with Crippen molar-refractivity contribution in [3.05, 3.63) is 18.1 Å². The van der Waals surface area contributed by atoms with Gasteiger partial charge in [0.15, 0.2) is 0 Å². The normalized spacial score (nSPS) is 9.38. The summed E-state index contributed by atoms with van der Waals surface area (Å²) in [5.41, 5.74) is 1.48. The molecule has 6 nitrogen and oxygen atoms in total. The fourth-order valence-corrected chi connectivity index (χ4v) is 0.713. The van der Waals surface area contributed by atoms with Crippen LogP contribution >= 0.6 is 0 Å². The Labute approximate surface area is 74.5 Å². The summed E-state index contributed by atoms with van der Waals surface area (Å²) in [5, 5.41) is 8.26. The molecule has 1 aromatic rings. The van der Waals surface area contributed by atoms with Gasteiger partial charge in [-0.15, -0.1) is 0 Å². The zero-order valence-electron chi connectivity index (χ0n) is 7.02. The van der Waals surface area contributed by atoms with Gasteiger partial charge in [-0.3, -0.25) is 10.0 Å². The molecular weight excluding hydrogens is 174 g/mol. The molecule has 6 heteroatoms. The van der Waals surface area contributed by atoms with Crippen LogP contribution in [0.4, 0.5) is 0 Å². The number of carbonyl (C=O) groups excluding carboxylic acids is 1.